The summed E-state index contributed by atoms with van der Waals surface area (Å²) in [6, 6.07) is 21.0. The van der Waals surface area contributed by atoms with Gasteiger partial charge in [0, 0.05) is 12.1 Å². The van der Waals surface area contributed by atoms with Crippen LogP contribution in [0.25, 0.3) is 12.2 Å². The predicted molar refractivity (Wildman–Crippen MR) is 151 cm³/mol. The quantitative estimate of drug-likeness (QED) is 0.143. The third-order valence-corrected chi connectivity index (χ3v) is 8.55. The maximum absolute atomic E-state index is 14.3. The van der Waals surface area contributed by atoms with Crippen molar-refractivity contribution in [2.24, 2.45) is 0 Å². The van der Waals surface area contributed by atoms with E-state index in [0.717, 1.165) is 24.3 Å². The van der Waals surface area contributed by atoms with Gasteiger partial charge in [0.15, 0.2) is 9.84 Å². The lowest BCUT2D eigenvalue weighted by Crippen LogP contribution is -2.19. The van der Waals surface area contributed by atoms with Crippen LogP contribution in [0.5, 0.6) is 0 Å². The predicted octanol–water partition coefficient (Wildman–Crippen LogP) is 7.41. The first kappa shape index (κ1) is 29.0. The second-order valence-electron chi connectivity index (χ2n) is 8.88. The van der Waals surface area contributed by atoms with E-state index in [0.29, 0.717) is 0 Å². The van der Waals surface area contributed by atoms with Crippen molar-refractivity contribution in [1.29, 1.82) is 0 Å². The average Bonchev–Trinajstić information content (AvgIpc) is 2.95. The summed E-state index contributed by atoms with van der Waals surface area (Å²) in [6.07, 6.45) is 5.13. The van der Waals surface area contributed by atoms with E-state index in [1.54, 1.807) is 12.1 Å². The zero-order chi connectivity index (χ0) is 29.6. The number of nitro groups is 2. The number of halogens is 2. The molecule has 0 aliphatic heterocycles. The van der Waals surface area contributed by atoms with E-state index in [4.69, 9.17) is 0 Å². The molecule has 11 heteroatoms. The molecule has 0 heterocycles. The van der Waals surface area contributed by atoms with Crippen LogP contribution in [0.3, 0.4) is 0 Å². The fourth-order valence-electron chi connectivity index (χ4n) is 4.26. The van der Waals surface area contributed by atoms with E-state index >= 15 is 0 Å². The minimum Gasteiger partial charge on any atom is -0.258 e. The van der Waals surface area contributed by atoms with Crippen LogP contribution >= 0.6 is 0 Å². The summed E-state index contributed by atoms with van der Waals surface area (Å²) in [5, 5.41) is 20.1. The van der Waals surface area contributed by atoms with E-state index in [-0.39, 0.29) is 33.6 Å². The lowest BCUT2D eigenvalue weighted by Gasteiger charge is -2.22. The first-order chi connectivity index (χ1) is 19.6. The van der Waals surface area contributed by atoms with Crippen LogP contribution in [-0.4, -0.2) is 18.3 Å². The van der Waals surface area contributed by atoms with Gasteiger partial charge < -0.3 is 0 Å². The summed E-state index contributed by atoms with van der Waals surface area (Å²) in [4.78, 5) is 21.8. The van der Waals surface area contributed by atoms with Gasteiger partial charge in [-0.3, -0.25) is 20.2 Å². The lowest BCUT2D eigenvalue weighted by atomic mass is 10.1. The van der Waals surface area contributed by atoms with Gasteiger partial charge >= 0.3 is 0 Å². The first-order valence-electron chi connectivity index (χ1n) is 12.1. The van der Waals surface area contributed by atoms with Crippen LogP contribution in [0.4, 0.5) is 20.2 Å². The molecule has 0 aliphatic rings. The van der Waals surface area contributed by atoms with Crippen LogP contribution < -0.4 is 0 Å². The zero-order valence-corrected chi connectivity index (χ0v) is 22.0. The van der Waals surface area contributed by atoms with Crippen molar-refractivity contribution in [3.05, 3.63) is 163 Å². The summed E-state index contributed by atoms with van der Waals surface area (Å²) in [6.45, 7) is 0. The summed E-state index contributed by atoms with van der Waals surface area (Å²) >= 11 is 0. The topological polar surface area (TPSA) is 120 Å². The number of hydrogen-bond acceptors (Lipinski definition) is 6. The molecule has 4 rings (SSSR count). The number of sulfone groups is 1. The largest absolute Gasteiger partial charge is 0.276 e. The molecular weight excluding hydrogens is 554 g/mol. The molecule has 0 saturated carbocycles. The van der Waals surface area contributed by atoms with Gasteiger partial charge in [-0.25, -0.2) is 17.2 Å². The highest BCUT2D eigenvalue weighted by Crippen LogP contribution is 2.38. The van der Waals surface area contributed by atoms with E-state index in [9.17, 15) is 37.4 Å². The van der Waals surface area contributed by atoms with Crippen LogP contribution in [0.1, 0.15) is 32.8 Å². The van der Waals surface area contributed by atoms with Crippen molar-refractivity contribution in [2.75, 3.05) is 0 Å². The Morgan fingerprint density at radius 1 is 0.585 bits per heavy atom. The SMILES string of the molecule is O=[N+]([O-])c1ccccc1C=CC(c1ccc(F)cc1)S(=O)(=O)C(C=Cc1ccccc1[N+](=O)[O-])c1ccc(F)cc1. The second-order valence-corrected chi connectivity index (χ2v) is 11.1. The van der Waals surface area contributed by atoms with E-state index in [2.05, 4.69) is 0 Å². The molecule has 4 aromatic carbocycles. The van der Waals surface area contributed by atoms with Gasteiger partial charge in [0.25, 0.3) is 11.4 Å². The summed E-state index contributed by atoms with van der Waals surface area (Å²) in [5.41, 5.74) is 0.151. The first-order valence-corrected chi connectivity index (χ1v) is 13.8. The van der Waals surface area contributed by atoms with Crippen LogP contribution in [0.15, 0.2) is 109 Å². The van der Waals surface area contributed by atoms with Gasteiger partial charge in [0.05, 0.1) is 21.0 Å². The van der Waals surface area contributed by atoms with Crippen LogP contribution in [0, 0.1) is 31.9 Å². The molecule has 0 bridgehead atoms. The molecule has 0 spiro atoms. The zero-order valence-electron chi connectivity index (χ0n) is 21.2. The highest BCUT2D eigenvalue weighted by Gasteiger charge is 2.34. The minimum absolute atomic E-state index is 0.147. The summed E-state index contributed by atoms with van der Waals surface area (Å²) in [7, 11) is -4.36. The molecule has 208 valence electrons. The molecule has 0 saturated heterocycles. The fourth-order valence-corrected chi connectivity index (χ4v) is 6.24. The number of rotatable bonds is 10. The molecule has 2 unspecified atom stereocenters. The van der Waals surface area contributed by atoms with Crippen molar-refractivity contribution in [3.8, 4) is 0 Å². The molecule has 8 nitrogen and oxygen atoms in total. The van der Waals surface area contributed by atoms with Gasteiger partial charge in [-0.15, -0.1) is 0 Å². The molecular formula is C30H22F2N2O6S. The van der Waals surface area contributed by atoms with Gasteiger partial charge in [-0.05, 0) is 47.5 Å². The molecule has 0 N–H and O–H groups in total. The Morgan fingerprint density at radius 2 is 0.927 bits per heavy atom. The lowest BCUT2D eigenvalue weighted by molar-refractivity contribution is -0.385. The Bertz CT molecular complexity index is 1610. The van der Waals surface area contributed by atoms with Gasteiger partial charge in [0.1, 0.15) is 22.1 Å². The Labute approximate surface area is 234 Å². The molecule has 0 radical (unpaired) electrons. The number of hydrogen-bond donors (Lipinski definition) is 0. The monoisotopic (exact) mass is 576 g/mol. The Balaban J connectivity index is 1.88. The summed E-state index contributed by atoms with van der Waals surface area (Å²) < 4.78 is 56.2. The number of benzene rings is 4. The fraction of sp³-hybridized carbons (Fsp3) is 0.0667. The normalized spacial score (nSPS) is 13.3. The summed E-state index contributed by atoms with van der Waals surface area (Å²) in [5.74, 6) is -1.20. The molecule has 4 aromatic rings. The van der Waals surface area contributed by atoms with Crippen molar-refractivity contribution >= 4 is 33.4 Å². The number of nitro benzene ring substituents is 2. The molecule has 0 aliphatic carbocycles. The Hall–Kier alpha value is -5.03. The van der Waals surface area contributed by atoms with Gasteiger partial charge in [-0.2, -0.15) is 0 Å². The highest BCUT2D eigenvalue weighted by atomic mass is 32.2. The highest BCUT2D eigenvalue weighted by molar-refractivity contribution is 7.92. The number of para-hydroxylation sites is 2. The van der Waals surface area contributed by atoms with Gasteiger partial charge in [0.2, 0.25) is 0 Å². The smallest absolute Gasteiger partial charge is 0.258 e. The third kappa shape index (κ3) is 6.76. The standard InChI is InChI=1S/C30H22F2N2O6S/c31-25-15-9-23(10-16-25)29(19-13-21-5-1-3-7-27(21)33(35)36)41(39,40)30(24-11-17-26(32)18-12-24)20-14-22-6-2-4-8-28(22)34(37)38/h1-20,29-30H. The molecule has 2 atom stereocenters. The van der Waals surface area contributed by atoms with Crippen molar-refractivity contribution in [2.45, 2.75) is 10.5 Å². The van der Waals surface area contributed by atoms with Crippen molar-refractivity contribution in [3.63, 3.8) is 0 Å². The Morgan fingerprint density at radius 3 is 1.27 bits per heavy atom. The molecule has 0 fully saturated rings. The van der Waals surface area contributed by atoms with E-state index in [1.807, 2.05) is 0 Å². The maximum atomic E-state index is 14.3. The molecule has 0 aromatic heterocycles. The minimum atomic E-state index is -4.36. The third-order valence-electron chi connectivity index (χ3n) is 6.27. The molecule has 0 amide bonds. The van der Waals surface area contributed by atoms with Crippen LogP contribution in [0.2, 0.25) is 0 Å². The average molecular weight is 577 g/mol. The van der Waals surface area contributed by atoms with E-state index < -0.39 is 41.8 Å². The van der Waals surface area contributed by atoms with Crippen molar-refractivity contribution < 1.29 is 27.0 Å². The Kier molecular flexibility index (Phi) is 8.78. The van der Waals surface area contributed by atoms with Gasteiger partial charge in [-0.1, -0.05) is 72.8 Å². The van der Waals surface area contributed by atoms with E-state index in [1.165, 1.54) is 85.0 Å². The van der Waals surface area contributed by atoms with Crippen LogP contribution in [-0.2, 0) is 9.84 Å². The molecule has 41 heavy (non-hydrogen) atoms. The number of nitrogens with zero attached hydrogens (tertiary/aromatic N) is 2. The van der Waals surface area contributed by atoms with Crippen molar-refractivity contribution in [1.82, 2.24) is 0 Å². The second kappa shape index (κ2) is 12.4. The maximum Gasteiger partial charge on any atom is 0.276 e.